The first-order valence-corrected chi connectivity index (χ1v) is 5.92. The highest BCUT2D eigenvalue weighted by Crippen LogP contribution is 2.30. The van der Waals surface area contributed by atoms with Crippen LogP contribution in [0.5, 0.6) is 0 Å². The van der Waals surface area contributed by atoms with Gasteiger partial charge in [0, 0.05) is 11.6 Å². The van der Waals surface area contributed by atoms with Gasteiger partial charge in [0.1, 0.15) is 0 Å². The quantitative estimate of drug-likeness (QED) is 0.877. The fourth-order valence-electron chi connectivity index (χ4n) is 2.05. The summed E-state index contributed by atoms with van der Waals surface area (Å²) >= 11 is 6.20. The third kappa shape index (κ3) is 2.00. The van der Waals surface area contributed by atoms with E-state index in [0.29, 0.717) is 12.5 Å². The van der Waals surface area contributed by atoms with Crippen molar-refractivity contribution in [2.45, 2.75) is 19.4 Å². The smallest absolute Gasteiger partial charge is 0.191 e. The predicted octanol–water partition coefficient (Wildman–Crippen LogP) is 2.42. The molecule has 2 N–H and O–H groups in total. The molecule has 0 amide bonds. The van der Waals surface area contributed by atoms with Crippen molar-refractivity contribution in [3.05, 3.63) is 34.9 Å². The molecule has 1 atom stereocenters. The van der Waals surface area contributed by atoms with Gasteiger partial charge in [-0.25, -0.2) is 0 Å². The number of aliphatic imine (C=N–C) groups is 1. The summed E-state index contributed by atoms with van der Waals surface area (Å²) in [4.78, 5) is 6.42. The Labute approximate surface area is 101 Å². The van der Waals surface area contributed by atoms with Gasteiger partial charge in [-0.3, -0.25) is 4.99 Å². The van der Waals surface area contributed by atoms with Gasteiger partial charge in [0.25, 0.3) is 0 Å². The topological polar surface area (TPSA) is 41.6 Å². The van der Waals surface area contributed by atoms with Gasteiger partial charge in [-0.15, -0.1) is 0 Å². The Morgan fingerprint density at radius 2 is 2.25 bits per heavy atom. The van der Waals surface area contributed by atoms with Gasteiger partial charge >= 0.3 is 0 Å². The number of hydrogen-bond acceptors (Lipinski definition) is 3. The number of nitrogens with zero attached hydrogens (tertiary/aromatic N) is 2. The number of hydrogen-bond donors (Lipinski definition) is 1. The minimum absolute atomic E-state index is 0.202. The summed E-state index contributed by atoms with van der Waals surface area (Å²) in [6.07, 6.45) is 1.05. The molecule has 0 aliphatic carbocycles. The van der Waals surface area contributed by atoms with E-state index in [4.69, 9.17) is 17.3 Å². The first kappa shape index (κ1) is 11.3. The van der Waals surface area contributed by atoms with E-state index in [2.05, 4.69) is 16.8 Å². The van der Waals surface area contributed by atoms with Crippen LogP contribution in [-0.4, -0.2) is 23.9 Å². The largest absolute Gasteiger partial charge is 0.370 e. The van der Waals surface area contributed by atoms with Gasteiger partial charge < -0.3 is 10.6 Å². The molecule has 1 aliphatic rings. The van der Waals surface area contributed by atoms with Crippen LogP contribution in [0.15, 0.2) is 29.3 Å². The van der Waals surface area contributed by atoms with Crippen LogP contribution in [0.1, 0.15) is 24.9 Å². The van der Waals surface area contributed by atoms with E-state index in [1.54, 1.807) is 0 Å². The summed E-state index contributed by atoms with van der Waals surface area (Å²) in [7, 11) is 0. The van der Waals surface area contributed by atoms with E-state index < -0.39 is 0 Å². The molecule has 0 aromatic heterocycles. The number of benzene rings is 1. The zero-order chi connectivity index (χ0) is 11.5. The highest BCUT2D eigenvalue weighted by Gasteiger charge is 2.27. The Balaban J connectivity index is 2.25. The van der Waals surface area contributed by atoms with Crippen molar-refractivity contribution in [1.82, 2.24) is 4.90 Å². The van der Waals surface area contributed by atoms with Gasteiger partial charge in [-0.1, -0.05) is 36.7 Å². The van der Waals surface area contributed by atoms with Crippen LogP contribution in [0.2, 0.25) is 5.02 Å². The lowest BCUT2D eigenvalue weighted by molar-refractivity contribution is 0.347. The standard InChI is InChI=1S/C12H16ClN3/c1-2-7-16-11(8-15-12(16)14)9-5-3-4-6-10(9)13/h3-6,11H,2,7-8H2,1H3,(H2,14,15). The maximum absolute atomic E-state index is 6.20. The maximum atomic E-state index is 6.20. The van der Waals surface area contributed by atoms with Crippen molar-refractivity contribution in [3.63, 3.8) is 0 Å². The summed E-state index contributed by atoms with van der Waals surface area (Å²) in [5.41, 5.74) is 6.99. The minimum Gasteiger partial charge on any atom is -0.370 e. The molecule has 0 radical (unpaired) electrons. The molecule has 0 fully saturated rings. The van der Waals surface area contributed by atoms with E-state index in [-0.39, 0.29) is 6.04 Å². The zero-order valence-corrected chi connectivity index (χ0v) is 10.1. The van der Waals surface area contributed by atoms with Gasteiger partial charge in [0.05, 0.1) is 12.6 Å². The summed E-state index contributed by atoms with van der Waals surface area (Å²) in [5, 5.41) is 0.790. The van der Waals surface area contributed by atoms with E-state index in [0.717, 1.165) is 23.6 Å². The molecule has 1 unspecified atom stereocenters. The van der Waals surface area contributed by atoms with Crippen LogP contribution in [0.3, 0.4) is 0 Å². The second kappa shape index (κ2) is 4.74. The van der Waals surface area contributed by atoms with Crippen molar-refractivity contribution < 1.29 is 0 Å². The Morgan fingerprint density at radius 3 is 2.94 bits per heavy atom. The second-order valence-electron chi connectivity index (χ2n) is 3.93. The third-order valence-electron chi connectivity index (χ3n) is 2.83. The van der Waals surface area contributed by atoms with Crippen LogP contribution >= 0.6 is 11.6 Å². The van der Waals surface area contributed by atoms with Crippen LogP contribution in [0.4, 0.5) is 0 Å². The number of halogens is 1. The Bertz CT molecular complexity index is 403. The summed E-state index contributed by atoms with van der Waals surface area (Å²) in [6, 6.07) is 8.10. The summed E-state index contributed by atoms with van der Waals surface area (Å²) in [6.45, 7) is 3.76. The van der Waals surface area contributed by atoms with Gasteiger partial charge in [-0.05, 0) is 18.1 Å². The molecule has 0 saturated heterocycles. The highest BCUT2D eigenvalue weighted by atomic mass is 35.5. The lowest BCUT2D eigenvalue weighted by atomic mass is 10.1. The molecule has 0 spiro atoms. The van der Waals surface area contributed by atoms with Crippen molar-refractivity contribution >= 4 is 17.6 Å². The average molecular weight is 238 g/mol. The molecule has 1 aliphatic heterocycles. The first-order chi connectivity index (χ1) is 7.74. The lowest BCUT2D eigenvalue weighted by Crippen LogP contribution is -2.36. The monoisotopic (exact) mass is 237 g/mol. The van der Waals surface area contributed by atoms with E-state index in [1.807, 2.05) is 24.3 Å². The van der Waals surface area contributed by atoms with Crippen LogP contribution in [0.25, 0.3) is 0 Å². The first-order valence-electron chi connectivity index (χ1n) is 5.55. The molecule has 0 saturated carbocycles. The van der Waals surface area contributed by atoms with Crippen molar-refractivity contribution in [1.29, 1.82) is 0 Å². The molecule has 86 valence electrons. The van der Waals surface area contributed by atoms with Crippen molar-refractivity contribution in [2.75, 3.05) is 13.1 Å². The molecular weight excluding hydrogens is 222 g/mol. The zero-order valence-electron chi connectivity index (χ0n) is 9.36. The fourth-order valence-corrected chi connectivity index (χ4v) is 2.31. The van der Waals surface area contributed by atoms with Gasteiger partial charge in [-0.2, -0.15) is 0 Å². The molecule has 0 bridgehead atoms. The average Bonchev–Trinajstić information content (AvgIpc) is 2.62. The molecular formula is C12H16ClN3. The third-order valence-corrected chi connectivity index (χ3v) is 3.17. The molecule has 1 aromatic carbocycles. The van der Waals surface area contributed by atoms with Gasteiger partial charge in [0.15, 0.2) is 5.96 Å². The van der Waals surface area contributed by atoms with Gasteiger partial charge in [0.2, 0.25) is 0 Å². The molecule has 1 heterocycles. The lowest BCUT2D eigenvalue weighted by Gasteiger charge is -2.26. The molecule has 4 heteroatoms. The van der Waals surface area contributed by atoms with Crippen molar-refractivity contribution in [3.8, 4) is 0 Å². The normalized spacial score (nSPS) is 20.0. The Kier molecular flexibility index (Phi) is 3.34. The second-order valence-corrected chi connectivity index (χ2v) is 4.34. The van der Waals surface area contributed by atoms with E-state index >= 15 is 0 Å². The maximum Gasteiger partial charge on any atom is 0.191 e. The van der Waals surface area contributed by atoms with E-state index in [1.165, 1.54) is 0 Å². The minimum atomic E-state index is 0.202. The van der Waals surface area contributed by atoms with Crippen LogP contribution < -0.4 is 5.73 Å². The number of nitrogens with two attached hydrogens (primary N) is 1. The summed E-state index contributed by atoms with van der Waals surface area (Å²) in [5.74, 6) is 0.631. The fraction of sp³-hybridized carbons (Fsp3) is 0.417. The predicted molar refractivity (Wildman–Crippen MR) is 67.7 cm³/mol. The molecule has 3 nitrogen and oxygen atoms in total. The SMILES string of the molecule is CCCN1C(N)=NCC1c1ccccc1Cl. The van der Waals surface area contributed by atoms with Crippen LogP contribution in [-0.2, 0) is 0 Å². The van der Waals surface area contributed by atoms with E-state index in [9.17, 15) is 0 Å². The van der Waals surface area contributed by atoms with Crippen molar-refractivity contribution in [2.24, 2.45) is 10.7 Å². The Hall–Kier alpha value is -1.22. The number of guanidine groups is 1. The molecule has 2 rings (SSSR count). The molecule has 16 heavy (non-hydrogen) atoms. The van der Waals surface area contributed by atoms with Crippen LogP contribution in [0, 0.1) is 0 Å². The number of rotatable bonds is 3. The highest BCUT2D eigenvalue weighted by molar-refractivity contribution is 6.31. The molecule has 1 aromatic rings. The Morgan fingerprint density at radius 1 is 1.50 bits per heavy atom. The summed E-state index contributed by atoms with van der Waals surface area (Å²) < 4.78 is 0.